The molecule has 0 aliphatic carbocycles. The van der Waals surface area contributed by atoms with Gasteiger partial charge in [0.25, 0.3) is 5.91 Å². The van der Waals surface area contributed by atoms with Gasteiger partial charge >= 0.3 is 0 Å². The summed E-state index contributed by atoms with van der Waals surface area (Å²) in [6.45, 7) is 1.81. The van der Waals surface area contributed by atoms with Gasteiger partial charge in [-0.25, -0.2) is 15.0 Å². The zero-order valence-electron chi connectivity index (χ0n) is 12.0. The molecule has 0 saturated heterocycles. The second kappa shape index (κ2) is 6.08. The minimum atomic E-state index is -0.428. The highest BCUT2D eigenvalue weighted by Crippen LogP contribution is 2.25. The summed E-state index contributed by atoms with van der Waals surface area (Å²) in [4.78, 5) is 46.9. The van der Waals surface area contributed by atoms with E-state index in [1.165, 1.54) is 23.9 Å². The Morgan fingerprint density at radius 2 is 2.26 bits per heavy atom. The maximum absolute atomic E-state index is 12.4. The van der Waals surface area contributed by atoms with Gasteiger partial charge in [-0.3, -0.25) is 14.4 Å². The number of carbonyl (C=O) groups excluding carboxylic acids is 3. The van der Waals surface area contributed by atoms with Gasteiger partial charge in [0.05, 0.1) is 17.5 Å². The van der Waals surface area contributed by atoms with Crippen LogP contribution in [0.25, 0.3) is 0 Å². The lowest BCUT2D eigenvalue weighted by atomic mass is 10.2. The Morgan fingerprint density at radius 3 is 3.00 bits per heavy atom. The van der Waals surface area contributed by atoms with Crippen molar-refractivity contribution in [3.05, 3.63) is 28.1 Å². The van der Waals surface area contributed by atoms with E-state index in [2.05, 4.69) is 30.9 Å². The number of aromatic nitrogens is 3. The average molecular weight is 332 g/mol. The molecule has 3 N–H and O–H groups in total. The van der Waals surface area contributed by atoms with Gasteiger partial charge in [0, 0.05) is 6.20 Å². The number of nitrogens with zero attached hydrogens (tertiary/aromatic N) is 3. The Morgan fingerprint density at radius 1 is 1.43 bits per heavy atom. The lowest BCUT2D eigenvalue weighted by Gasteiger charge is -2.20. The van der Waals surface area contributed by atoms with Gasteiger partial charge in [0.2, 0.25) is 5.91 Å². The van der Waals surface area contributed by atoms with Crippen molar-refractivity contribution in [3.8, 4) is 0 Å². The minimum absolute atomic E-state index is 0.0470. The molecular weight excluding hydrogens is 320 g/mol. The second-order valence-corrected chi connectivity index (χ2v) is 5.86. The highest BCUT2D eigenvalue weighted by atomic mass is 32.1. The smallest absolute Gasteiger partial charge is 0.272 e. The number of carbonyl (C=O) groups is 3. The molecule has 3 rings (SSSR count). The lowest BCUT2D eigenvalue weighted by Crippen LogP contribution is -2.33. The van der Waals surface area contributed by atoms with Crippen molar-refractivity contribution in [3.63, 3.8) is 0 Å². The Hall–Kier alpha value is -2.88. The molecule has 1 unspecified atom stereocenters. The molecule has 0 fully saturated rings. The average Bonchev–Trinajstić information content (AvgIpc) is 3.03. The summed E-state index contributed by atoms with van der Waals surface area (Å²) in [7, 11) is 0. The predicted molar refractivity (Wildman–Crippen MR) is 82.5 cm³/mol. The van der Waals surface area contributed by atoms with Gasteiger partial charge in [0.15, 0.2) is 17.8 Å². The van der Waals surface area contributed by atoms with Crippen LogP contribution in [0.4, 0.5) is 11.5 Å². The Balaban J connectivity index is 1.79. The van der Waals surface area contributed by atoms with E-state index >= 15 is 0 Å². The van der Waals surface area contributed by atoms with Crippen LogP contribution < -0.4 is 16.0 Å². The number of amides is 2. The molecule has 0 spiro atoms. The van der Waals surface area contributed by atoms with Crippen LogP contribution >= 0.6 is 11.3 Å². The molecule has 10 heteroatoms. The van der Waals surface area contributed by atoms with Crippen LogP contribution in [0, 0.1) is 0 Å². The van der Waals surface area contributed by atoms with E-state index in [0.29, 0.717) is 21.9 Å². The SMILES string of the molecule is CC(NC(=O)c1ncnc2c1NCC(=O)N2)c1ncc(C=O)s1. The molecule has 9 nitrogen and oxygen atoms in total. The van der Waals surface area contributed by atoms with Gasteiger partial charge in [-0.15, -0.1) is 11.3 Å². The van der Waals surface area contributed by atoms with E-state index in [0.717, 1.165) is 0 Å². The monoisotopic (exact) mass is 332 g/mol. The molecule has 1 atom stereocenters. The van der Waals surface area contributed by atoms with Gasteiger partial charge in [-0.1, -0.05) is 0 Å². The number of rotatable bonds is 4. The third kappa shape index (κ3) is 3.01. The van der Waals surface area contributed by atoms with Gasteiger partial charge in [-0.05, 0) is 6.92 Å². The van der Waals surface area contributed by atoms with Gasteiger partial charge in [-0.2, -0.15) is 0 Å². The van der Waals surface area contributed by atoms with Crippen molar-refractivity contribution in [2.24, 2.45) is 0 Å². The number of thiazole rings is 1. The fourth-order valence-electron chi connectivity index (χ4n) is 2.05. The summed E-state index contributed by atoms with van der Waals surface area (Å²) in [6, 6.07) is -0.384. The van der Waals surface area contributed by atoms with E-state index in [9.17, 15) is 14.4 Å². The first-order valence-electron chi connectivity index (χ1n) is 6.69. The fourth-order valence-corrected chi connectivity index (χ4v) is 2.78. The summed E-state index contributed by atoms with van der Waals surface area (Å²) in [5.74, 6) is -0.394. The maximum Gasteiger partial charge on any atom is 0.272 e. The van der Waals surface area contributed by atoms with Gasteiger partial charge in [0.1, 0.15) is 17.0 Å². The number of aldehydes is 1. The molecule has 0 saturated carbocycles. The Labute approximate surface area is 134 Å². The number of fused-ring (bicyclic) bond motifs is 1. The molecule has 3 heterocycles. The molecule has 0 aromatic carbocycles. The zero-order chi connectivity index (χ0) is 16.4. The normalized spacial score (nSPS) is 14.2. The number of anilines is 2. The summed E-state index contributed by atoms with van der Waals surface area (Å²) in [5.41, 5.74) is 0.513. The molecule has 0 radical (unpaired) electrons. The number of nitrogens with one attached hydrogen (secondary N) is 3. The van der Waals surface area contributed by atoms with Crippen LogP contribution in [0.3, 0.4) is 0 Å². The molecule has 23 heavy (non-hydrogen) atoms. The van der Waals surface area contributed by atoms with Crippen LogP contribution in [0.15, 0.2) is 12.5 Å². The Kier molecular flexibility index (Phi) is 3.98. The van der Waals surface area contributed by atoms with Crippen molar-refractivity contribution in [1.82, 2.24) is 20.3 Å². The summed E-state index contributed by atoms with van der Waals surface area (Å²) in [5, 5.41) is 8.78. The second-order valence-electron chi connectivity index (χ2n) is 4.76. The summed E-state index contributed by atoms with van der Waals surface area (Å²) < 4.78 is 0. The van der Waals surface area contributed by atoms with Crippen LogP contribution in [-0.4, -0.2) is 39.6 Å². The molecule has 0 bridgehead atoms. The van der Waals surface area contributed by atoms with E-state index in [1.807, 2.05) is 0 Å². The van der Waals surface area contributed by atoms with E-state index in [-0.39, 0.29) is 30.0 Å². The molecular formula is C13H12N6O3S. The van der Waals surface area contributed by atoms with Crippen molar-refractivity contribution < 1.29 is 14.4 Å². The molecule has 2 amide bonds. The highest BCUT2D eigenvalue weighted by molar-refractivity contribution is 7.13. The van der Waals surface area contributed by atoms with Crippen molar-refractivity contribution in [2.75, 3.05) is 17.2 Å². The van der Waals surface area contributed by atoms with Crippen molar-refractivity contribution in [1.29, 1.82) is 0 Å². The summed E-state index contributed by atoms with van der Waals surface area (Å²) in [6.07, 6.45) is 3.38. The molecule has 118 valence electrons. The van der Waals surface area contributed by atoms with E-state index in [1.54, 1.807) is 6.92 Å². The summed E-state index contributed by atoms with van der Waals surface area (Å²) >= 11 is 1.21. The standard InChI is InChI=1S/C13H12N6O3S/c1-6(13-15-2-7(4-20)23-13)18-12(22)10-9-11(17-5-16-10)19-8(21)3-14-9/h2,4-6,14H,3H2,1H3,(H,18,22)(H,16,17,19,21). The van der Waals surface area contributed by atoms with Crippen LogP contribution in [0.1, 0.15) is 38.1 Å². The molecule has 2 aromatic heterocycles. The van der Waals surface area contributed by atoms with Crippen LogP contribution in [0.2, 0.25) is 0 Å². The number of hydrogen-bond donors (Lipinski definition) is 3. The van der Waals surface area contributed by atoms with Crippen LogP contribution in [-0.2, 0) is 4.79 Å². The highest BCUT2D eigenvalue weighted by Gasteiger charge is 2.24. The number of hydrogen-bond acceptors (Lipinski definition) is 8. The van der Waals surface area contributed by atoms with Crippen molar-refractivity contribution >= 4 is 40.9 Å². The van der Waals surface area contributed by atoms with Crippen molar-refractivity contribution in [2.45, 2.75) is 13.0 Å². The zero-order valence-corrected chi connectivity index (χ0v) is 12.8. The maximum atomic E-state index is 12.4. The largest absolute Gasteiger partial charge is 0.371 e. The molecule has 1 aliphatic heterocycles. The topological polar surface area (TPSA) is 126 Å². The third-order valence-corrected chi connectivity index (χ3v) is 4.23. The molecule has 2 aromatic rings. The van der Waals surface area contributed by atoms with Crippen LogP contribution in [0.5, 0.6) is 0 Å². The third-order valence-electron chi connectivity index (χ3n) is 3.12. The lowest BCUT2D eigenvalue weighted by molar-refractivity contribution is -0.114. The first-order chi connectivity index (χ1) is 11.1. The first-order valence-corrected chi connectivity index (χ1v) is 7.50. The predicted octanol–water partition coefficient (Wildman–Crippen LogP) is 0.601. The van der Waals surface area contributed by atoms with E-state index < -0.39 is 5.91 Å². The minimum Gasteiger partial charge on any atom is -0.371 e. The fraction of sp³-hybridized carbons (Fsp3) is 0.231. The Bertz CT molecular complexity index is 790. The first kappa shape index (κ1) is 15.0. The quantitative estimate of drug-likeness (QED) is 0.700. The van der Waals surface area contributed by atoms with Gasteiger partial charge < -0.3 is 16.0 Å². The molecule has 1 aliphatic rings. The van der Waals surface area contributed by atoms with E-state index in [4.69, 9.17) is 0 Å².